The molecule has 1 aliphatic heterocycles. The van der Waals surface area contributed by atoms with E-state index in [1.165, 1.54) is 29.5 Å². The fourth-order valence-electron chi connectivity index (χ4n) is 3.17. The number of hydrogen-bond acceptors (Lipinski definition) is 10. The number of ether oxygens (including phenoxy) is 2. The second-order valence-corrected chi connectivity index (χ2v) is 8.35. The Morgan fingerprint density at radius 3 is 2.57 bits per heavy atom. The standard InChI is InChI=1S/C23H20N6O5S/c24-14-18(21(30)25-22-26-27-23(35-22)28-9-11-33-12-10-28)13-16-3-7-20(8-4-16)34-15-17-1-5-19(6-2-17)29(31)32/h1-8,13H,9-12,15H2,(H,25,26,30). The third-order valence-corrected chi connectivity index (χ3v) is 5.92. The Hall–Kier alpha value is -4.34. The van der Waals surface area contributed by atoms with Crippen LogP contribution >= 0.6 is 11.3 Å². The van der Waals surface area contributed by atoms with Gasteiger partial charge in [-0.15, -0.1) is 10.2 Å². The van der Waals surface area contributed by atoms with Crippen LogP contribution in [0.1, 0.15) is 11.1 Å². The highest BCUT2D eigenvalue weighted by molar-refractivity contribution is 7.19. The normalized spacial score (nSPS) is 13.7. The van der Waals surface area contributed by atoms with Gasteiger partial charge in [0.05, 0.1) is 18.1 Å². The summed E-state index contributed by atoms with van der Waals surface area (Å²) < 4.78 is 11.0. The Labute approximate surface area is 204 Å². The minimum atomic E-state index is -0.573. The van der Waals surface area contributed by atoms with Crippen LogP contribution in [0.25, 0.3) is 6.08 Å². The highest BCUT2D eigenvalue weighted by Gasteiger charge is 2.18. The van der Waals surface area contributed by atoms with Gasteiger partial charge in [-0.25, -0.2) is 0 Å². The second-order valence-electron chi connectivity index (χ2n) is 7.39. The summed E-state index contributed by atoms with van der Waals surface area (Å²) in [5.41, 5.74) is 1.38. The number of hydrogen-bond donors (Lipinski definition) is 1. The van der Waals surface area contributed by atoms with Crippen molar-refractivity contribution in [2.24, 2.45) is 0 Å². The summed E-state index contributed by atoms with van der Waals surface area (Å²) >= 11 is 1.24. The lowest BCUT2D eigenvalue weighted by atomic mass is 10.1. The van der Waals surface area contributed by atoms with Gasteiger partial charge in [0.25, 0.3) is 11.6 Å². The molecule has 1 N–H and O–H groups in total. The molecule has 2 heterocycles. The Kier molecular flexibility index (Phi) is 7.61. The number of nitro benzene ring substituents is 1. The zero-order valence-corrected chi connectivity index (χ0v) is 19.2. The van der Waals surface area contributed by atoms with Crippen LogP contribution in [0.4, 0.5) is 16.0 Å². The van der Waals surface area contributed by atoms with Gasteiger partial charge < -0.3 is 14.4 Å². The maximum absolute atomic E-state index is 12.6. The van der Waals surface area contributed by atoms with E-state index in [0.717, 1.165) is 5.56 Å². The van der Waals surface area contributed by atoms with E-state index in [1.54, 1.807) is 36.4 Å². The number of aromatic nitrogens is 2. The van der Waals surface area contributed by atoms with Crippen molar-refractivity contribution in [3.63, 3.8) is 0 Å². The molecule has 0 radical (unpaired) electrons. The van der Waals surface area contributed by atoms with Crippen LogP contribution in [0.2, 0.25) is 0 Å². The summed E-state index contributed by atoms with van der Waals surface area (Å²) in [4.78, 5) is 24.9. The molecule has 0 aliphatic carbocycles. The summed E-state index contributed by atoms with van der Waals surface area (Å²) in [6.45, 7) is 2.89. The molecule has 0 atom stereocenters. The van der Waals surface area contributed by atoms with E-state index in [9.17, 15) is 20.2 Å². The zero-order valence-electron chi connectivity index (χ0n) is 18.4. The minimum absolute atomic E-state index is 0.0193. The average Bonchev–Trinajstić information content (AvgIpc) is 3.36. The molecule has 2 aromatic carbocycles. The van der Waals surface area contributed by atoms with E-state index in [2.05, 4.69) is 15.5 Å². The number of carbonyl (C=O) groups excluding carboxylic acids is 1. The molecule has 4 rings (SSSR count). The van der Waals surface area contributed by atoms with Gasteiger partial charge in [-0.1, -0.05) is 23.5 Å². The van der Waals surface area contributed by atoms with E-state index in [0.29, 0.717) is 47.9 Å². The molecule has 35 heavy (non-hydrogen) atoms. The number of non-ortho nitro benzene ring substituents is 1. The zero-order chi connectivity index (χ0) is 24.6. The quantitative estimate of drug-likeness (QED) is 0.216. The summed E-state index contributed by atoms with van der Waals surface area (Å²) in [7, 11) is 0. The summed E-state index contributed by atoms with van der Waals surface area (Å²) in [6.07, 6.45) is 1.47. The number of nitrogens with zero attached hydrogens (tertiary/aromatic N) is 5. The van der Waals surface area contributed by atoms with Crippen LogP contribution in [-0.2, 0) is 16.1 Å². The molecule has 1 aliphatic rings. The van der Waals surface area contributed by atoms with Gasteiger partial charge in [0.2, 0.25) is 10.3 Å². The SMILES string of the molecule is N#CC(=Cc1ccc(OCc2ccc([N+](=O)[O-])cc2)cc1)C(=O)Nc1nnc(N2CCOCC2)s1. The molecule has 0 unspecified atom stereocenters. The van der Waals surface area contributed by atoms with Crippen LogP contribution in [-0.4, -0.2) is 47.3 Å². The fraction of sp³-hybridized carbons (Fsp3) is 0.217. The number of carbonyl (C=O) groups is 1. The first kappa shape index (κ1) is 23.8. The lowest BCUT2D eigenvalue weighted by molar-refractivity contribution is -0.384. The predicted molar refractivity (Wildman–Crippen MR) is 129 cm³/mol. The van der Waals surface area contributed by atoms with Crippen molar-refractivity contribution >= 4 is 39.3 Å². The first-order chi connectivity index (χ1) is 17.0. The summed E-state index contributed by atoms with van der Waals surface area (Å²) in [5, 5.41) is 31.9. The Bertz CT molecular complexity index is 1260. The average molecular weight is 493 g/mol. The van der Waals surface area contributed by atoms with Gasteiger partial charge in [0, 0.05) is 25.2 Å². The molecule has 178 valence electrons. The molecular formula is C23H20N6O5S. The summed E-state index contributed by atoms with van der Waals surface area (Å²) in [5.74, 6) is 0.00337. The van der Waals surface area contributed by atoms with Crippen molar-refractivity contribution in [1.82, 2.24) is 10.2 Å². The first-order valence-corrected chi connectivity index (χ1v) is 11.4. The molecule has 0 bridgehead atoms. The predicted octanol–water partition coefficient (Wildman–Crippen LogP) is 3.41. The molecule has 11 nitrogen and oxygen atoms in total. The van der Waals surface area contributed by atoms with Crippen molar-refractivity contribution < 1.29 is 19.2 Å². The molecule has 0 spiro atoms. The highest BCUT2D eigenvalue weighted by Crippen LogP contribution is 2.25. The number of anilines is 2. The molecule has 1 fully saturated rings. The van der Waals surface area contributed by atoms with Gasteiger partial charge in [0.15, 0.2) is 0 Å². The maximum atomic E-state index is 12.6. The first-order valence-electron chi connectivity index (χ1n) is 10.6. The van der Waals surface area contributed by atoms with Crippen LogP contribution in [0.5, 0.6) is 5.75 Å². The van der Waals surface area contributed by atoms with Gasteiger partial charge in [-0.2, -0.15) is 5.26 Å². The summed E-state index contributed by atoms with van der Waals surface area (Å²) in [6, 6.07) is 14.9. The van der Waals surface area contributed by atoms with Crippen molar-refractivity contribution in [1.29, 1.82) is 5.26 Å². The fourth-order valence-corrected chi connectivity index (χ4v) is 3.96. The van der Waals surface area contributed by atoms with E-state index < -0.39 is 10.8 Å². The van der Waals surface area contributed by atoms with E-state index in [4.69, 9.17) is 9.47 Å². The number of nitro groups is 1. The Balaban J connectivity index is 1.34. The Morgan fingerprint density at radius 2 is 1.91 bits per heavy atom. The van der Waals surface area contributed by atoms with Gasteiger partial charge >= 0.3 is 0 Å². The number of amides is 1. The molecular weight excluding hydrogens is 472 g/mol. The monoisotopic (exact) mass is 492 g/mol. The maximum Gasteiger partial charge on any atom is 0.269 e. The highest BCUT2D eigenvalue weighted by atomic mass is 32.1. The second kappa shape index (κ2) is 11.2. The molecule has 1 amide bonds. The number of rotatable bonds is 8. The van der Waals surface area contributed by atoms with Gasteiger partial charge in [-0.3, -0.25) is 20.2 Å². The topological polar surface area (TPSA) is 144 Å². The van der Waals surface area contributed by atoms with Crippen molar-refractivity contribution in [2.75, 3.05) is 36.5 Å². The minimum Gasteiger partial charge on any atom is -0.489 e. The van der Waals surface area contributed by atoms with Crippen LogP contribution in [0.3, 0.4) is 0 Å². The lowest BCUT2D eigenvalue weighted by Gasteiger charge is -2.25. The number of nitriles is 1. The smallest absolute Gasteiger partial charge is 0.269 e. The molecule has 1 aromatic heterocycles. The van der Waals surface area contributed by atoms with Gasteiger partial charge in [0.1, 0.15) is 24.0 Å². The van der Waals surface area contributed by atoms with Crippen LogP contribution in [0, 0.1) is 21.4 Å². The van der Waals surface area contributed by atoms with Crippen molar-refractivity contribution in [2.45, 2.75) is 6.61 Å². The third-order valence-electron chi connectivity index (χ3n) is 5.03. The van der Waals surface area contributed by atoms with E-state index in [-0.39, 0.29) is 17.9 Å². The molecule has 1 saturated heterocycles. The molecule has 3 aromatic rings. The molecule has 12 heteroatoms. The lowest BCUT2D eigenvalue weighted by Crippen LogP contribution is -2.36. The van der Waals surface area contributed by atoms with Crippen LogP contribution < -0.4 is 15.0 Å². The van der Waals surface area contributed by atoms with Gasteiger partial charge in [-0.05, 0) is 41.5 Å². The van der Waals surface area contributed by atoms with Crippen LogP contribution in [0.15, 0.2) is 54.1 Å². The largest absolute Gasteiger partial charge is 0.489 e. The molecule has 0 saturated carbocycles. The number of benzene rings is 2. The number of nitrogens with one attached hydrogen (secondary N) is 1. The third kappa shape index (κ3) is 6.38. The van der Waals surface area contributed by atoms with Crippen molar-refractivity contribution in [3.8, 4) is 11.8 Å². The van der Waals surface area contributed by atoms with E-state index >= 15 is 0 Å². The number of morpholine rings is 1. The van der Waals surface area contributed by atoms with E-state index in [1.807, 2.05) is 11.0 Å². The Morgan fingerprint density at radius 1 is 1.20 bits per heavy atom. The van der Waals surface area contributed by atoms with Crippen molar-refractivity contribution in [3.05, 3.63) is 75.3 Å².